The second-order valence-corrected chi connectivity index (χ2v) is 4.31. The van der Waals surface area contributed by atoms with Gasteiger partial charge in [-0.1, -0.05) is 0 Å². The molecule has 0 spiro atoms. The topological polar surface area (TPSA) is 84.7 Å². The van der Waals surface area contributed by atoms with Gasteiger partial charge < -0.3 is 20.7 Å². The van der Waals surface area contributed by atoms with Crippen LogP contribution >= 0.6 is 0 Å². The highest BCUT2D eigenvalue weighted by atomic mass is 16.5. The van der Waals surface area contributed by atoms with Gasteiger partial charge in [0.1, 0.15) is 5.75 Å². The van der Waals surface area contributed by atoms with E-state index in [4.69, 9.17) is 10.5 Å². The Labute approximate surface area is 118 Å². The summed E-state index contributed by atoms with van der Waals surface area (Å²) >= 11 is 0. The summed E-state index contributed by atoms with van der Waals surface area (Å²) in [7, 11) is 1.68. The largest absolute Gasteiger partial charge is 0.494 e. The van der Waals surface area contributed by atoms with Crippen molar-refractivity contribution in [2.45, 2.75) is 13.8 Å². The van der Waals surface area contributed by atoms with E-state index in [0.29, 0.717) is 30.2 Å². The molecule has 6 heteroatoms. The van der Waals surface area contributed by atoms with Gasteiger partial charge in [-0.3, -0.25) is 9.59 Å². The average molecular weight is 279 g/mol. The van der Waals surface area contributed by atoms with Gasteiger partial charge in [-0.25, -0.2) is 0 Å². The number of nitrogens with zero attached hydrogens (tertiary/aromatic N) is 1. The molecule has 0 aliphatic carbocycles. The third kappa shape index (κ3) is 4.46. The fourth-order valence-corrected chi connectivity index (χ4v) is 1.57. The van der Waals surface area contributed by atoms with Crippen LogP contribution in [-0.4, -0.2) is 43.5 Å². The van der Waals surface area contributed by atoms with E-state index in [-0.39, 0.29) is 18.4 Å². The molecule has 0 aliphatic heterocycles. The zero-order chi connectivity index (χ0) is 15.1. The lowest BCUT2D eigenvalue weighted by molar-refractivity contribution is -0.128. The number of hydrogen-bond donors (Lipinski definition) is 2. The van der Waals surface area contributed by atoms with E-state index in [1.165, 1.54) is 4.90 Å². The van der Waals surface area contributed by atoms with Crippen molar-refractivity contribution in [2.24, 2.45) is 0 Å². The SMILES string of the molecule is CCOc1cc(N)cc(C(=O)NCC(=O)N(C)CC)c1. The highest BCUT2D eigenvalue weighted by molar-refractivity contribution is 5.97. The smallest absolute Gasteiger partial charge is 0.251 e. The zero-order valence-electron chi connectivity index (χ0n) is 12.1. The first-order valence-electron chi connectivity index (χ1n) is 6.53. The summed E-state index contributed by atoms with van der Waals surface area (Å²) < 4.78 is 5.32. The zero-order valence-corrected chi connectivity index (χ0v) is 12.1. The highest BCUT2D eigenvalue weighted by Crippen LogP contribution is 2.18. The Kier molecular flexibility index (Phi) is 5.83. The Morgan fingerprint density at radius 3 is 2.60 bits per heavy atom. The number of nitrogen functional groups attached to an aromatic ring is 1. The standard InChI is InChI=1S/C14H21N3O3/c1-4-17(3)13(18)9-16-14(19)10-6-11(15)8-12(7-10)20-5-2/h6-8H,4-5,9,15H2,1-3H3,(H,16,19). The van der Waals surface area contributed by atoms with Gasteiger partial charge in [0.2, 0.25) is 5.91 Å². The number of ether oxygens (including phenoxy) is 1. The summed E-state index contributed by atoms with van der Waals surface area (Å²) in [4.78, 5) is 25.1. The third-order valence-electron chi connectivity index (χ3n) is 2.80. The van der Waals surface area contributed by atoms with Crippen LogP contribution in [0.4, 0.5) is 5.69 Å². The van der Waals surface area contributed by atoms with Crippen LogP contribution in [0.25, 0.3) is 0 Å². The molecule has 0 aliphatic rings. The Balaban J connectivity index is 2.70. The summed E-state index contributed by atoms with van der Waals surface area (Å²) in [6.07, 6.45) is 0. The normalized spacial score (nSPS) is 9.95. The molecular formula is C14H21N3O3. The van der Waals surface area contributed by atoms with E-state index in [1.54, 1.807) is 25.2 Å². The molecule has 0 saturated carbocycles. The molecule has 0 heterocycles. The predicted octanol–water partition coefficient (Wildman–Crippen LogP) is 0.876. The van der Waals surface area contributed by atoms with Crippen LogP contribution in [0, 0.1) is 0 Å². The Morgan fingerprint density at radius 2 is 2.00 bits per heavy atom. The van der Waals surface area contributed by atoms with E-state index < -0.39 is 0 Å². The maximum atomic E-state index is 12.0. The lowest BCUT2D eigenvalue weighted by Gasteiger charge is -2.15. The van der Waals surface area contributed by atoms with Crippen LogP contribution in [0.15, 0.2) is 18.2 Å². The molecule has 3 N–H and O–H groups in total. The summed E-state index contributed by atoms with van der Waals surface area (Å²) in [6.45, 7) is 4.77. The van der Waals surface area contributed by atoms with Crippen molar-refractivity contribution in [1.82, 2.24) is 10.2 Å². The van der Waals surface area contributed by atoms with Crippen molar-refractivity contribution < 1.29 is 14.3 Å². The van der Waals surface area contributed by atoms with Gasteiger partial charge in [-0.2, -0.15) is 0 Å². The highest BCUT2D eigenvalue weighted by Gasteiger charge is 2.12. The summed E-state index contributed by atoms with van der Waals surface area (Å²) in [5.74, 6) is 0.0422. The molecular weight excluding hydrogens is 258 g/mol. The van der Waals surface area contributed by atoms with Crippen LogP contribution in [0.1, 0.15) is 24.2 Å². The molecule has 0 bridgehead atoms. The number of nitrogens with one attached hydrogen (secondary N) is 1. The minimum absolute atomic E-state index is 0.0397. The minimum atomic E-state index is -0.351. The van der Waals surface area contributed by atoms with Gasteiger partial charge in [0.05, 0.1) is 13.2 Å². The lowest BCUT2D eigenvalue weighted by Crippen LogP contribution is -2.38. The van der Waals surface area contributed by atoms with Crippen LogP contribution in [0.5, 0.6) is 5.75 Å². The van der Waals surface area contributed by atoms with Gasteiger partial charge in [0.25, 0.3) is 5.91 Å². The van der Waals surface area contributed by atoms with Gasteiger partial charge in [-0.05, 0) is 26.0 Å². The molecule has 0 unspecified atom stereocenters. The number of carbonyl (C=O) groups is 2. The number of nitrogens with two attached hydrogens (primary N) is 1. The lowest BCUT2D eigenvalue weighted by atomic mass is 10.1. The first-order chi connectivity index (χ1) is 9.47. The van der Waals surface area contributed by atoms with Crippen LogP contribution in [0.2, 0.25) is 0 Å². The number of likely N-dealkylation sites (N-methyl/N-ethyl adjacent to an activating group) is 1. The molecule has 0 aromatic heterocycles. The number of carbonyl (C=O) groups excluding carboxylic acids is 2. The predicted molar refractivity (Wildman–Crippen MR) is 77.7 cm³/mol. The van der Waals surface area contributed by atoms with E-state index in [0.717, 1.165) is 0 Å². The molecule has 2 amide bonds. The second kappa shape index (κ2) is 7.37. The van der Waals surface area contributed by atoms with Crippen molar-refractivity contribution >= 4 is 17.5 Å². The maximum Gasteiger partial charge on any atom is 0.251 e. The van der Waals surface area contributed by atoms with E-state index in [2.05, 4.69) is 5.32 Å². The minimum Gasteiger partial charge on any atom is -0.494 e. The summed E-state index contributed by atoms with van der Waals surface area (Å²) in [6, 6.07) is 4.80. The third-order valence-corrected chi connectivity index (χ3v) is 2.80. The maximum absolute atomic E-state index is 12.0. The average Bonchev–Trinajstić information content (AvgIpc) is 2.43. The number of rotatable bonds is 6. The quantitative estimate of drug-likeness (QED) is 0.757. The van der Waals surface area contributed by atoms with Crippen LogP contribution in [0.3, 0.4) is 0 Å². The number of benzene rings is 1. The van der Waals surface area contributed by atoms with Crippen molar-refractivity contribution in [3.05, 3.63) is 23.8 Å². The first-order valence-corrected chi connectivity index (χ1v) is 6.53. The monoisotopic (exact) mass is 279 g/mol. The molecule has 6 nitrogen and oxygen atoms in total. The molecule has 0 fully saturated rings. The molecule has 1 aromatic rings. The molecule has 0 radical (unpaired) electrons. The Morgan fingerprint density at radius 1 is 1.30 bits per heavy atom. The van der Waals surface area contributed by atoms with Gasteiger partial charge in [0, 0.05) is 30.9 Å². The van der Waals surface area contributed by atoms with Crippen LogP contribution < -0.4 is 15.8 Å². The van der Waals surface area contributed by atoms with Crippen molar-refractivity contribution in [3.8, 4) is 5.75 Å². The molecule has 110 valence electrons. The van der Waals surface area contributed by atoms with E-state index in [1.807, 2.05) is 13.8 Å². The fraction of sp³-hybridized carbons (Fsp3) is 0.429. The molecule has 20 heavy (non-hydrogen) atoms. The molecule has 0 saturated heterocycles. The summed E-state index contributed by atoms with van der Waals surface area (Å²) in [5, 5.41) is 2.57. The molecule has 1 aromatic carbocycles. The van der Waals surface area contributed by atoms with Gasteiger partial charge in [0.15, 0.2) is 0 Å². The molecule has 1 rings (SSSR count). The van der Waals surface area contributed by atoms with Gasteiger partial charge >= 0.3 is 0 Å². The van der Waals surface area contributed by atoms with Gasteiger partial charge in [-0.15, -0.1) is 0 Å². The fourth-order valence-electron chi connectivity index (χ4n) is 1.57. The van der Waals surface area contributed by atoms with Crippen molar-refractivity contribution in [1.29, 1.82) is 0 Å². The Hall–Kier alpha value is -2.24. The number of amides is 2. The van der Waals surface area contributed by atoms with Crippen molar-refractivity contribution in [2.75, 3.05) is 32.5 Å². The van der Waals surface area contributed by atoms with E-state index >= 15 is 0 Å². The second-order valence-electron chi connectivity index (χ2n) is 4.31. The van der Waals surface area contributed by atoms with Crippen molar-refractivity contribution in [3.63, 3.8) is 0 Å². The van der Waals surface area contributed by atoms with Crippen LogP contribution in [-0.2, 0) is 4.79 Å². The number of anilines is 1. The first kappa shape index (κ1) is 15.8. The summed E-state index contributed by atoms with van der Waals surface area (Å²) in [5.41, 5.74) is 6.54. The Bertz CT molecular complexity index is 489. The van der Waals surface area contributed by atoms with E-state index in [9.17, 15) is 9.59 Å². The molecule has 0 atom stereocenters. The number of hydrogen-bond acceptors (Lipinski definition) is 4.